The van der Waals surface area contributed by atoms with E-state index >= 15 is 0 Å². The lowest BCUT2D eigenvalue weighted by Crippen LogP contribution is -2.40. The quantitative estimate of drug-likeness (QED) is 0.852. The number of hydrogen-bond donors (Lipinski definition) is 1. The molecule has 0 bridgehead atoms. The summed E-state index contributed by atoms with van der Waals surface area (Å²) in [6, 6.07) is 7.47. The Labute approximate surface area is 107 Å². The number of aliphatic hydroxyl groups excluding tert-OH is 1. The summed E-state index contributed by atoms with van der Waals surface area (Å²) < 4.78 is 27.9. The third kappa shape index (κ3) is 3.36. The van der Waals surface area contributed by atoms with Gasteiger partial charge in [0, 0.05) is 18.8 Å². The second-order valence-electron chi connectivity index (χ2n) is 4.20. The van der Waals surface area contributed by atoms with Crippen LogP contribution in [0.5, 0.6) is 5.75 Å². The zero-order valence-electron chi connectivity index (χ0n) is 10.1. The van der Waals surface area contributed by atoms with Crippen molar-refractivity contribution in [3.05, 3.63) is 24.3 Å². The molecule has 1 aromatic carbocycles. The second kappa shape index (κ2) is 5.58. The Morgan fingerprint density at radius 3 is 2.33 bits per heavy atom. The van der Waals surface area contributed by atoms with Gasteiger partial charge in [-0.1, -0.05) is 0 Å². The van der Waals surface area contributed by atoms with Crippen LogP contribution in [-0.4, -0.2) is 51.3 Å². The molecule has 1 heterocycles. The van der Waals surface area contributed by atoms with E-state index in [1.165, 1.54) is 0 Å². The molecular formula is C12H17NO4S. The van der Waals surface area contributed by atoms with Gasteiger partial charge in [-0.2, -0.15) is 0 Å². The summed E-state index contributed by atoms with van der Waals surface area (Å²) in [5, 5.41) is 8.65. The van der Waals surface area contributed by atoms with Crippen LogP contribution in [-0.2, 0) is 9.84 Å². The third-order valence-corrected chi connectivity index (χ3v) is 4.52. The maximum absolute atomic E-state index is 11.3. The van der Waals surface area contributed by atoms with Gasteiger partial charge in [-0.05, 0) is 24.3 Å². The normalized spacial score (nSPS) is 18.6. The molecule has 1 fully saturated rings. The lowest BCUT2D eigenvalue weighted by atomic mass is 10.2. The highest BCUT2D eigenvalue weighted by molar-refractivity contribution is 7.91. The maximum atomic E-state index is 11.3. The van der Waals surface area contributed by atoms with Crippen LogP contribution in [0.4, 0.5) is 5.69 Å². The summed E-state index contributed by atoms with van der Waals surface area (Å²) in [5.41, 5.74) is 1.00. The molecule has 6 heteroatoms. The first-order chi connectivity index (χ1) is 8.61. The highest BCUT2D eigenvalue weighted by Gasteiger charge is 2.21. The molecule has 0 saturated carbocycles. The van der Waals surface area contributed by atoms with Crippen molar-refractivity contribution in [2.75, 3.05) is 42.7 Å². The van der Waals surface area contributed by atoms with E-state index in [2.05, 4.69) is 4.90 Å². The number of sulfone groups is 1. The number of rotatable bonds is 4. The standard InChI is InChI=1S/C12H17NO4S/c14-7-8-17-12-3-1-11(2-4-12)13-5-9-18(15,16)10-6-13/h1-4,14H,5-10H2. The molecule has 1 aromatic rings. The van der Waals surface area contributed by atoms with Gasteiger partial charge in [0.25, 0.3) is 0 Å². The number of aliphatic hydroxyl groups is 1. The van der Waals surface area contributed by atoms with Crippen molar-refractivity contribution in [3.8, 4) is 5.75 Å². The topological polar surface area (TPSA) is 66.8 Å². The molecule has 0 atom stereocenters. The van der Waals surface area contributed by atoms with E-state index in [-0.39, 0.29) is 24.7 Å². The summed E-state index contributed by atoms with van der Waals surface area (Å²) in [7, 11) is -2.84. The molecule has 0 aromatic heterocycles. The Bertz CT molecular complexity index is 469. The Morgan fingerprint density at radius 2 is 1.78 bits per heavy atom. The van der Waals surface area contributed by atoms with Gasteiger partial charge in [0.2, 0.25) is 0 Å². The Balaban J connectivity index is 1.98. The number of ether oxygens (including phenoxy) is 1. The van der Waals surface area contributed by atoms with Crippen LogP contribution < -0.4 is 9.64 Å². The van der Waals surface area contributed by atoms with Crippen LogP contribution in [0.25, 0.3) is 0 Å². The summed E-state index contributed by atoms with van der Waals surface area (Å²) in [4.78, 5) is 2.05. The molecule has 0 spiro atoms. The van der Waals surface area contributed by atoms with Gasteiger partial charge in [0.05, 0.1) is 18.1 Å². The number of benzene rings is 1. The van der Waals surface area contributed by atoms with Crippen molar-refractivity contribution >= 4 is 15.5 Å². The van der Waals surface area contributed by atoms with E-state index in [0.29, 0.717) is 18.8 Å². The largest absolute Gasteiger partial charge is 0.491 e. The van der Waals surface area contributed by atoms with Gasteiger partial charge < -0.3 is 14.7 Å². The first-order valence-corrected chi connectivity index (χ1v) is 7.72. The van der Waals surface area contributed by atoms with Crippen LogP contribution >= 0.6 is 0 Å². The molecule has 18 heavy (non-hydrogen) atoms. The molecule has 1 saturated heterocycles. The minimum atomic E-state index is -2.84. The Kier molecular flexibility index (Phi) is 4.08. The highest BCUT2D eigenvalue weighted by Crippen LogP contribution is 2.21. The molecule has 1 N–H and O–H groups in total. The fourth-order valence-electron chi connectivity index (χ4n) is 1.89. The van der Waals surface area contributed by atoms with Gasteiger partial charge in [-0.3, -0.25) is 0 Å². The fourth-order valence-corrected chi connectivity index (χ4v) is 3.09. The lowest BCUT2D eigenvalue weighted by Gasteiger charge is -2.28. The van der Waals surface area contributed by atoms with Crippen LogP contribution in [0.3, 0.4) is 0 Å². The highest BCUT2D eigenvalue weighted by atomic mass is 32.2. The van der Waals surface area contributed by atoms with Gasteiger partial charge in [-0.25, -0.2) is 8.42 Å². The average Bonchev–Trinajstić information content (AvgIpc) is 2.37. The Morgan fingerprint density at radius 1 is 1.17 bits per heavy atom. The number of hydrogen-bond acceptors (Lipinski definition) is 5. The van der Waals surface area contributed by atoms with E-state index in [4.69, 9.17) is 9.84 Å². The summed E-state index contributed by atoms with van der Waals surface area (Å²) in [5.74, 6) is 1.14. The van der Waals surface area contributed by atoms with Crippen LogP contribution in [0, 0.1) is 0 Å². The zero-order chi connectivity index (χ0) is 13.0. The van der Waals surface area contributed by atoms with E-state index in [1.54, 1.807) is 0 Å². The smallest absolute Gasteiger partial charge is 0.153 e. The maximum Gasteiger partial charge on any atom is 0.153 e. The molecule has 5 nitrogen and oxygen atoms in total. The van der Waals surface area contributed by atoms with Crippen molar-refractivity contribution in [1.29, 1.82) is 0 Å². The molecule has 0 amide bonds. The van der Waals surface area contributed by atoms with Gasteiger partial charge >= 0.3 is 0 Å². The summed E-state index contributed by atoms with van der Waals surface area (Å²) in [6.45, 7) is 1.35. The summed E-state index contributed by atoms with van der Waals surface area (Å²) >= 11 is 0. The third-order valence-electron chi connectivity index (χ3n) is 2.91. The van der Waals surface area contributed by atoms with Gasteiger partial charge in [-0.15, -0.1) is 0 Å². The molecule has 0 aliphatic carbocycles. The molecule has 0 radical (unpaired) electrons. The van der Waals surface area contributed by atoms with Crippen molar-refractivity contribution in [2.45, 2.75) is 0 Å². The first-order valence-electron chi connectivity index (χ1n) is 5.90. The Hall–Kier alpha value is -1.27. The van der Waals surface area contributed by atoms with Gasteiger partial charge in [0.15, 0.2) is 9.84 Å². The molecule has 1 aliphatic rings. The van der Waals surface area contributed by atoms with E-state index in [9.17, 15) is 8.42 Å². The summed E-state index contributed by atoms with van der Waals surface area (Å²) in [6.07, 6.45) is 0. The number of anilines is 1. The zero-order valence-corrected chi connectivity index (χ0v) is 10.9. The molecule has 1 aliphatic heterocycles. The van der Waals surface area contributed by atoms with Crippen LogP contribution in [0.15, 0.2) is 24.3 Å². The predicted molar refractivity (Wildman–Crippen MR) is 69.9 cm³/mol. The second-order valence-corrected chi connectivity index (χ2v) is 6.51. The molecule has 100 valence electrons. The SMILES string of the molecule is O=S1(=O)CCN(c2ccc(OCCO)cc2)CC1. The van der Waals surface area contributed by atoms with Crippen molar-refractivity contribution in [1.82, 2.24) is 0 Å². The lowest BCUT2D eigenvalue weighted by molar-refractivity contribution is 0.201. The average molecular weight is 271 g/mol. The van der Waals surface area contributed by atoms with Crippen molar-refractivity contribution in [2.24, 2.45) is 0 Å². The monoisotopic (exact) mass is 271 g/mol. The van der Waals surface area contributed by atoms with E-state index in [0.717, 1.165) is 5.69 Å². The molecule has 0 unspecified atom stereocenters. The van der Waals surface area contributed by atoms with Gasteiger partial charge in [0.1, 0.15) is 12.4 Å². The first kappa shape index (κ1) is 13.2. The van der Waals surface area contributed by atoms with E-state index < -0.39 is 9.84 Å². The van der Waals surface area contributed by atoms with Crippen LogP contribution in [0.2, 0.25) is 0 Å². The van der Waals surface area contributed by atoms with Crippen LogP contribution in [0.1, 0.15) is 0 Å². The minimum absolute atomic E-state index is 0.00820. The molecular weight excluding hydrogens is 254 g/mol. The van der Waals surface area contributed by atoms with Crippen molar-refractivity contribution in [3.63, 3.8) is 0 Å². The minimum Gasteiger partial charge on any atom is -0.491 e. The van der Waals surface area contributed by atoms with E-state index in [1.807, 2.05) is 24.3 Å². The van der Waals surface area contributed by atoms with Crippen molar-refractivity contribution < 1.29 is 18.3 Å². The fraction of sp³-hybridized carbons (Fsp3) is 0.500. The molecule has 2 rings (SSSR count). The predicted octanol–water partition coefficient (Wildman–Crippen LogP) is 0.293. The number of nitrogens with zero attached hydrogens (tertiary/aromatic N) is 1.